The van der Waals surface area contributed by atoms with Gasteiger partial charge in [0, 0.05) is 16.7 Å². The fraction of sp³-hybridized carbons (Fsp3) is 0.571. The van der Waals surface area contributed by atoms with Crippen molar-refractivity contribution in [3.05, 3.63) is 40.5 Å². The third-order valence-electron chi connectivity index (χ3n) is 4.78. The maximum Gasteiger partial charge on any atom is 0.318 e. The Bertz CT molecular complexity index is 532. The average Bonchev–Trinajstić information content (AvgIpc) is 2.57. The summed E-state index contributed by atoms with van der Waals surface area (Å²) in [7, 11) is 0. The van der Waals surface area contributed by atoms with Crippen LogP contribution in [-0.4, -0.2) is 12.1 Å². The van der Waals surface area contributed by atoms with Crippen LogP contribution in [0.25, 0.3) is 6.08 Å². The van der Waals surface area contributed by atoms with Gasteiger partial charge < -0.3 is 10.6 Å². The van der Waals surface area contributed by atoms with Gasteiger partial charge in [-0.1, -0.05) is 85.9 Å². The zero-order valence-corrected chi connectivity index (χ0v) is 16.7. The first-order chi connectivity index (χ1) is 12.2. The summed E-state index contributed by atoms with van der Waals surface area (Å²) in [6, 6.07) is 8.20. The highest BCUT2D eigenvalue weighted by molar-refractivity contribution is 9.10. The Kier molecular flexibility index (Phi) is 9.71. The molecule has 1 aromatic rings. The lowest BCUT2D eigenvalue weighted by atomic mass is 9.98. The molecule has 2 N–H and O–H groups in total. The van der Waals surface area contributed by atoms with Gasteiger partial charge in [-0.05, 0) is 36.6 Å². The number of hydrogen-bond acceptors (Lipinski definition) is 1. The average molecular weight is 407 g/mol. The van der Waals surface area contributed by atoms with Crippen LogP contribution in [0.15, 0.2) is 34.9 Å². The van der Waals surface area contributed by atoms with Gasteiger partial charge in [-0.15, -0.1) is 0 Å². The van der Waals surface area contributed by atoms with E-state index in [0.29, 0.717) is 6.04 Å². The topological polar surface area (TPSA) is 41.1 Å². The van der Waals surface area contributed by atoms with Crippen LogP contribution in [0.3, 0.4) is 0 Å². The number of halogens is 1. The van der Waals surface area contributed by atoms with Crippen molar-refractivity contribution in [1.82, 2.24) is 10.6 Å². The largest absolute Gasteiger partial charge is 0.335 e. The molecule has 0 radical (unpaired) electrons. The lowest BCUT2D eigenvalue weighted by Gasteiger charge is -2.19. The van der Waals surface area contributed by atoms with Crippen LogP contribution in [0.1, 0.15) is 76.2 Å². The summed E-state index contributed by atoms with van der Waals surface area (Å²) >= 11 is 3.45. The molecular formula is C21H31BrN2O. The first-order valence-corrected chi connectivity index (χ1v) is 10.5. The summed E-state index contributed by atoms with van der Waals surface area (Å²) in [5.41, 5.74) is 1.06. The Hall–Kier alpha value is -1.29. The molecule has 1 aromatic carbocycles. The molecule has 138 valence electrons. The summed E-state index contributed by atoms with van der Waals surface area (Å²) < 4.78 is 1.03. The first-order valence-electron chi connectivity index (χ1n) is 9.73. The van der Waals surface area contributed by atoms with Crippen molar-refractivity contribution in [2.24, 2.45) is 0 Å². The van der Waals surface area contributed by atoms with E-state index in [9.17, 15) is 4.79 Å². The van der Waals surface area contributed by atoms with Gasteiger partial charge in [0.15, 0.2) is 0 Å². The number of rotatable bonds is 3. The molecule has 2 rings (SSSR count). The van der Waals surface area contributed by atoms with E-state index < -0.39 is 0 Å². The Balaban J connectivity index is 1.75. The van der Waals surface area contributed by atoms with Crippen LogP contribution >= 0.6 is 15.9 Å². The smallest absolute Gasteiger partial charge is 0.318 e. The quantitative estimate of drug-likeness (QED) is 0.599. The molecule has 1 fully saturated rings. The fourth-order valence-corrected chi connectivity index (χ4v) is 3.78. The van der Waals surface area contributed by atoms with Crippen LogP contribution in [0, 0.1) is 0 Å². The molecular weight excluding hydrogens is 376 g/mol. The van der Waals surface area contributed by atoms with Crippen LogP contribution in [0.4, 0.5) is 4.79 Å². The van der Waals surface area contributed by atoms with E-state index in [2.05, 4.69) is 26.6 Å². The van der Waals surface area contributed by atoms with E-state index in [-0.39, 0.29) is 6.03 Å². The fourth-order valence-electron chi connectivity index (χ4n) is 3.36. The minimum absolute atomic E-state index is 0.0941. The number of amides is 2. The molecule has 0 spiro atoms. The Morgan fingerprint density at radius 1 is 0.960 bits per heavy atom. The second kappa shape index (κ2) is 12.1. The SMILES string of the molecule is O=C(N/C=C/c1cccc(Br)c1)NC1CCCCCCCCCCC1. The van der Waals surface area contributed by atoms with Gasteiger partial charge in [0.05, 0.1) is 0 Å². The molecule has 0 aliphatic heterocycles. The number of urea groups is 1. The first kappa shape index (κ1) is 20.0. The highest BCUT2D eigenvalue weighted by Gasteiger charge is 2.11. The Labute approximate surface area is 160 Å². The molecule has 1 aliphatic rings. The van der Waals surface area contributed by atoms with Crippen molar-refractivity contribution in [2.75, 3.05) is 0 Å². The molecule has 0 saturated heterocycles. The molecule has 0 bridgehead atoms. The van der Waals surface area contributed by atoms with E-state index in [4.69, 9.17) is 0 Å². The molecule has 0 aromatic heterocycles. The normalized spacial score (nSPS) is 18.3. The highest BCUT2D eigenvalue weighted by atomic mass is 79.9. The van der Waals surface area contributed by atoms with Gasteiger partial charge in [0.25, 0.3) is 0 Å². The summed E-state index contributed by atoms with van der Waals surface area (Å²) in [5, 5.41) is 6.00. The summed E-state index contributed by atoms with van der Waals surface area (Å²) in [4.78, 5) is 12.2. The van der Waals surface area contributed by atoms with Gasteiger partial charge in [0.2, 0.25) is 0 Å². The standard InChI is InChI=1S/C21H31BrN2O/c22-19-12-10-11-18(17-19)15-16-23-21(25)24-20-13-8-6-4-2-1-3-5-7-9-14-20/h10-12,15-17,20H,1-9,13-14H2,(H2,23,24,25)/b16-15+. The Morgan fingerprint density at radius 2 is 1.56 bits per heavy atom. The summed E-state index contributed by atoms with van der Waals surface area (Å²) in [6.07, 6.45) is 17.7. The van der Waals surface area contributed by atoms with Gasteiger partial charge >= 0.3 is 6.03 Å². The molecule has 1 aliphatic carbocycles. The third-order valence-corrected chi connectivity index (χ3v) is 5.27. The summed E-state index contributed by atoms with van der Waals surface area (Å²) in [5.74, 6) is 0. The van der Waals surface area contributed by atoms with Crippen molar-refractivity contribution >= 4 is 28.0 Å². The minimum atomic E-state index is -0.0941. The monoisotopic (exact) mass is 406 g/mol. The lowest BCUT2D eigenvalue weighted by Crippen LogP contribution is -2.40. The Morgan fingerprint density at radius 3 is 2.16 bits per heavy atom. The van der Waals surface area contributed by atoms with E-state index >= 15 is 0 Å². The van der Waals surface area contributed by atoms with E-state index in [0.717, 1.165) is 22.9 Å². The van der Waals surface area contributed by atoms with Gasteiger partial charge in [-0.3, -0.25) is 0 Å². The van der Waals surface area contributed by atoms with Gasteiger partial charge in [0.1, 0.15) is 0 Å². The van der Waals surface area contributed by atoms with Crippen LogP contribution in [0.2, 0.25) is 0 Å². The van der Waals surface area contributed by atoms with Gasteiger partial charge in [-0.25, -0.2) is 4.79 Å². The number of carbonyl (C=O) groups is 1. The third kappa shape index (κ3) is 9.10. The second-order valence-corrected chi connectivity index (χ2v) is 7.88. The second-order valence-electron chi connectivity index (χ2n) is 6.96. The van der Waals surface area contributed by atoms with E-state index in [1.165, 1.54) is 57.8 Å². The number of benzene rings is 1. The number of carbonyl (C=O) groups excluding carboxylic acids is 1. The number of nitrogens with one attached hydrogen (secondary N) is 2. The zero-order valence-electron chi connectivity index (χ0n) is 15.1. The van der Waals surface area contributed by atoms with Crippen LogP contribution < -0.4 is 10.6 Å². The molecule has 0 heterocycles. The van der Waals surface area contributed by atoms with Crippen molar-refractivity contribution in [3.63, 3.8) is 0 Å². The lowest BCUT2D eigenvalue weighted by molar-refractivity contribution is 0.238. The maximum atomic E-state index is 12.2. The van der Waals surface area contributed by atoms with E-state index in [1.54, 1.807) is 6.20 Å². The van der Waals surface area contributed by atoms with E-state index in [1.807, 2.05) is 30.3 Å². The molecule has 2 amide bonds. The predicted molar refractivity (Wildman–Crippen MR) is 109 cm³/mol. The van der Waals surface area contributed by atoms with Crippen molar-refractivity contribution in [2.45, 2.75) is 76.7 Å². The summed E-state index contributed by atoms with van der Waals surface area (Å²) in [6.45, 7) is 0. The van der Waals surface area contributed by atoms with Gasteiger partial charge in [-0.2, -0.15) is 0 Å². The molecule has 0 atom stereocenters. The molecule has 4 heteroatoms. The van der Waals surface area contributed by atoms with Crippen LogP contribution in [-0.2, 0) is 0 Å². The molecule has 1 saturated carbocycles. The van der Waals surface area contributed by atoms with Crippen molar-refractivity contribution in [1.29, 1.82) is 0 Å². The molecule has 0 unspecified atom stereocenters. The maximum absolute atomic E-state index is 12.2. The van der Waals surface area contributed by atoms with Crippen LogP contribution in [0.5, 0.6) is 0 Å². The molecule has 3 nitrogen and oxygen atoms in total. The predicted octanol–water partition coefficient (Wildman–Crippen LogP) is 6.39. The highest BCUT2D eigenvalue weighted by Crippen LogP contribution is 2.17. The number of hydrogen-bond donors (Lipinski definition) is 2. The minimum Gasteiger partial charge on any atom is -0.335 e. The zero-order chi connectivity index (χ0) is 17.7. The van der Waals surface area contributed by atoms with Crippen molar-refractivity contribution in [3.8, 4) is 0 Å². The van der Waals surface area contributed by atoms with Crippen molar-refractivity contribution < 1.29 is 4.79 Å². The molecule has 25 heavy (non-hydrogen) atoms.